The van der Waals surface area contributed by atoms with E-state index in [1.54, 1.807) is 37.4 Å². The minimum atomic E-state index is -0.672. The number of aliphatic hydroxyl groups excluding tert-OH is 1. The van der Waals surface area contributed by atoms with E-state index in [9.17, 15) is 14.7 Å². The second kappa shape index (κ2) is 6.72. The van der Waals surface area contributed by atoms with Crippen molar-refractivity contribution in [3.8, 4) is 5.75 Å². The van der Waals surface area contributed by atoms with Crippen LogP contribution in [0.1, 0.15) is 27.7 Å². The lowest BCUT2D eigenvalue weighted by Gasteiger charge is -2.24. The van der Waals surface area contributed by atoms with E-state index < -0.39 is 11.9 Å². The van der Waals surface area contributed by atoms with E-state index in [0.29, 0.717) is 27.3 Å². The van der Waals surface area contributed by atoms with Gasteiger partial charge in [0.2, 0.25) is 5.76 Å². The predicted molar refractivity (Wildman–Crippen MR) is 100 cm³/mol. The number of methoxy groups -OCH3 is 1. The lowest BCUT2D eigenvalue weighted by atomic mass is 9.98. The molecule has 3 aromatic rings. The van der Waals surface area contributed by atoms with Crippen LogP contribution in [0.3, 0.4) is 0 Å². The largest absolute Gasteiger partial charge is 0.497 e. The highest BCUT2D eigenvalue weighted by molar-refractivity contribution is 6.31. The summed E-state index contributed by atoms with van der Waals surface area (Å²) in [4.78, 5) is 27.6. The first-order chi connectivity index (χ1) is 13.0. The molecule has 27 heavy (non-hydrogen) atoms. The van der Waals surface area contributed by atoms with Crippen LogP contribution in [0.15, 0.2) is 51.7 Å². The maximum absolute atomic E-state index is 13.2. The van der Waals surface area contributed by atoms with E-state index in [4.69, 9.17) is 20.8 Å². The second-order valence-electron chi connectivity index (χ2n) is 6.22. The Balaban J connectivity index is 2.01. The molecule has 6 nitrogen and oxygen atoms in total. The third kappa shape index (κ3) is 2.78. The Morgan fingerprint density at radius 2 is 2.04 bits per heavy atom. The number of benzene rings is 2. The number of amides is 1. The predicted octanol–water partition coefficient (Wildman–Crippen LogP) is 2.99. The highest BCUT2D eigenvalue weighted by Crippen LogP contribution is 2.38. The van der Waals surface area contributed by atoms with Gasteiger partial charge >= 0.3 is 0 Å². The van der Waals surface area contributed by atoms with Crippen molar-refractivity contribution in [2.45, 2.75) is 6.04 Å². The summed E-state index contributed by atoms with van der Waals surface area (Å²) in [7, 11) is 1.54. The molecule has 2 heterocycles. The van der Waals surface area contributed by atoms with E-state index in [2.05, 4.69) is 0 Å². The molecule has 0 saturated carbocycles. The zero-order valence-corrected chi connectivity index (χ0v) is 15.2. The van der Waals surface area contributed by atoms with Gasteiger partial charge < -0.3 is 19.2 Å². The van der Waals surface area contributed by atoms with E-state index >= 15 is 0 Å². The quantitative estimate of drug-likeness (QED) is 0.746. The van der Waals surface area contributed by atoms with Gasteiger partial charge in [0.1, 0.15) is 11.3 Å². The minimum absolute atomic E-state index is 0.00362. The first kappa shape index (κ1) is 17.6. The summed E-state index contributed by atoms with van der Waals surface area (Å²) < 4.78 is 11.0. The van der Waals surface area contributed by atoms with Crippen LogP contribution in [0.5, 0.6) is 5.75 Å². The van der Waals surface area contributed by atoms with Gasteiger partial charge in [-0.1, -0.05) is 23.7 Å². The van der Waals surface area contributed by atoms with Crippen molar-refractivity contribution in [1.82, 2.24) is 4.90 Å². The van der Waals surface area contributed by atoms with Crippen molar-refractivity contribution in [2.24, 2.45) is 0 Å². The van der Waals surface area contributed by atoms with E-state index in [-0.39, 0.29) is 29.9 Å². The Morgan fingerprint density at radius 3 is 2.78 bits per heavy atom. The first-order valence-corrected chi connectivity index (χ1v) is 8.75. The zero-order chi connectivity index (χ0) is 19.1. The fraction of sp³-hybridized carbons (Fsp3) is 0.200. The highest BCUT2D eigenvalue weighted by atomic mass is 35.5. The van der Waals surface area contributed by atoms with Gasteiger partial charge in [-0.3, -0.25) is 9.59 Å². The van der Waals surface area contributed by atoms with Gasteiger partial charge in [-0.05, 0) is 35.9 Å². The molecular formula is C20H16ClNO5. The summed E-state index contributed by atoms with van der Waals surface area (Å²) in [5.74, 6) is 0.169. The number of hydrogen-bond donors (Lipinski definition) is 1. The Kier molecular flexibility index (Phi) is 4.37. The molecule has 0 saturated heterocycles. The molecule has 0 radical (unpaired) electrons. The normalized spacial score (nSPS) is 16.0. The van der Waals surface area contributed by atoms with E-state index in [1.807, 2.05) is 6.07 Å². The zero-order valence-electron chi connectivity index (χ0n) is 14.4. The van der Waals surface area contributed by atoms with E-state index in [0.717, 1.165) is 0 Å². The lowest BCUT2D eigenvalue weighted by Crippen LogP contribution is -2.32. The first-order valence-electron chi connectivity index (χ1n) is 8.37. The molecule has 1 aliphatic heterocycles. The molecule has 1 aliphatic rings. The van der Waals surface area contributed by atoms with Gasteiger partial charge in [-0.2, -0.15) is 0 Å². The Hall–Kier alpha value is -2.83. The summed E-state index contributed by atoms with van der Waals surface area (Å²) in [5, 5.41) is 10.2. The van der Waals surface area contributed by atoms with Crippen LogP contribution >= 0.6 is 11.6 Å². The number of carbonyl (C=O) groups is 1. The number of hydrogen-bond acceptors (Lipinski definition) is 5. The van der Waals surface area contributed by atoms with E-state index in [1.165, 1.54) is 11.0 Å². The Morgan fingerprint density at radius 1 is 1.22 bits per heavy atom. The maximum atomic E-state index is 13.2. The lowest BCUT2D eigenvalue weighted by molar-refractivity contribution is 0.0691. The van der Waals surface area contributed by atoms with Gasteiger partial charge in [-0.15, -0.1) is 0 Å². The standard InChI is InChI=1S/C20H16ClNO5/c1-26-13-4-2-3-11(9-13)17-16-18(24)14-10-12(21)5-6-15(14)27-19(16)20(25)22(17)7-8-23/h2-6,9-10,17,23H,7-8H2,1H3. The molecular weight excluding hydrogens is 370 g/mol. The average molecular weight is 386 g/mol. The summed E-state index contributed by atoms with van der Waals surface area (Å²) in [6.07, 6.45) is 0. The SMILES string of the molecule is COc1cccc(C2c3c(oc4ccc(Cl)cc4c3=O)C(=O)N2CCO)c1. The number of nitrogens with zero attached hydrogens (tertiary/aromatic N) is 1. The van der Waals surface area contributed by atoms with Gasteiger partial charge in [0.05, 0.1) is 30.7 Å². The number of aliphatic hydroxyl groups is 1. The number of ether oxygens (including phenoxy) is 1. The van der Waals surface area contributed by atoms with Gasteiger partial charge in [-0.25, -0.2) is 0 Å². The van der Waals surface area contributed by atoms with Crippen LogP contribution in [-0.2, 0) is 0 Å². The number of rotatable bonds is 4. The number of β-amino-alcohol motifs (C(OH)–C–C–N with tert-alkyl or cyclic N) is 1. The third-order valence-electron chi connectivity index (χ3n) is 4.68. The fourth-order valence-corrected chi connectivity index (χ4v) is 3.66. The number of carbonyl (C=O) groups excluding carboxylic acids is 1. The maximum Gasteiger partial charge on any atom is 0.290 e. The monoisotopic (exact) mass is 385 g/mol. The average Bonchev–Trinajstić information content (AvgIpc) is 2.95. The smallest absolute Gasteiger partial charge is 0.290 e. The van der Waals surface area contributed by atoms with Crippen LogP contribution < -0.4 is 10.2 Å². The molecule has 1 aromatic heterocycles. The molecule has 0 fully saturated rings. The molecule has 1 amide bonds. The van der Waals surface area contributed by atoms with Gasteiger partial charge in [0.15, 0.2) is 5.43 Å². The molecule has 2 aromatic carbocycles. The van der Waals surface area contributed by atoms with Crippen molar-refractivity contribution in [2.75, 3.05) is 20.3 Å². The molecule has 4 rings (SSSR count). The third-order valence-corrected chi connectivity index (χ3v) is 4.91. The summed E-state index contributed by atoms with van der Waals surface area (Å²) in [6, 6.07) is 11.2. The van der Waals surface area contributed by atoms with Crippen molar-refractivity contribution < 1.29 is 19.1 Å². The molecule has 0 aliphatic carbocycles. The molecule has 1 N–H and O–H groups in total. The molecule has 1 atom stereocenters. The second-order valence-corrected chi connectivity index (χ2v) is 6.65. The van der Waals surface area contributed by atoms with Crippen LogP contribution in [-0.4, -0.2) is 36.2 Å². The molecule has 1 unspecified atom stereocenters. The van der Waals surface area contributed by atoms with Crippen molar-refractivity contribution >= 4 is 28.5 Å². The van der Waals surface area contributed by atoms with Gasteiger partial charge in [0, 0.05) is 11.6 Å². The molecule has 0 spiro atoms. The van der Waals surface area contributed by atoms with Gasteiger partial charge in [0.25, 0.3) is 5.91 Å². The fourth-order valence-electron chi connectivity index (χ4n) is 3.49. The Bertz CT molecular complexity index is 1110. The van der Waals surface area contributed by atoms with Crippen molar-refractivity contribution in [3.63, 3.8) is 0 Å². The Labute approximate surface area is 159 Å². The summed E-state index contributed by atoms with van der Waals surface area (Å²) in [5.41, 5.74) is 0.933. The van der Waals surface area contributed by atoms with Crippen LogP contribution in [0, 0.1) is 0 Å². The number of fused-ring (bicyclic) bond motifs is 2. The topological polar surface area (TPSA) is 80.0 Å². The summed E-state index contributed by atoms with van der Waals surface area (Å²) >= 11 is 6.03. The molecule has 0 bridgehead atoms. The minimum Gasteiger partial charge on any atom is -0.497 e. The van der Waals surface area contributed by atoms with Crippen LogP contribution in [0.4, 0.5) is 0 Å². The van der Waals surface area contributed by atoms with Crippen molar-refractivity contribution in [1.29, 1.82) is 0 Å². The van der Waals surface area contributed by atoms with Crippen LogP contribution in [0.2, 0.25) is 5.02 Å². The summed E-state index contributed by atoms with van der Waals surface area (Å²) in [6.45, 7) is -0.165. The number of halogens is 1. The molecule has 138 valence electrons. The van der Waals surface area contributed by atoms with Crippen LogP contribution in [0.25, 0.3) is 11.0 Å². The van der Waals surface area contributed by atoms with Crippen molar-refractivity contribution in [3.05, 3.63) is 74.6 Å². The highest BCUT2D eigenvalue weighted by Gasteiger charge is 2.42. The molecule has 7 heteroatoms.